The van der Waals surface area contributed by atoms with Gasteiger partial charge in [0, 0.05) is 6.92 Å². The maximum atomic E-state index is 10.9. The minimum atomic E-state index is -0.127. The van der Waals surface area contributed by atoms with Gasteiger partial charge in [0.25, 0.3) is 0 Å². The molecule has 0 N–H and O–H groups in total. The van der Waals surface area contributed by atoms with E-state index in [9.17, 15) is 4.79 Å². The van der Waals surface area contributed by atoms with E-state index in [2.05, 4.69) is 20.8 Å². The minimum Gasteiger partial charge on any atom is -0.463 e. The number of hydrogen-bond acceptors (Lipinski definition) is 2. The van der Waals surface area contributed by atoms with Crippen molar-refractivity contribution in [2.24, 2.45) is 17.8 Å². The monoisotopic (exact) mass is 212 g/mol. The number of hydrogen-bond donors (Lipinski definition) is 0. The first-order chi connectivity index (χ1) is 6.97. The molecule has 1 rings (SSSR count). The molecule has 0 aromatic carbocycles. The van der Waals surface area contributed by atoms with Crippen molar-refractivity contribution in [2.75, 3.05) is 0 Å². The molecule has 0 spiro atoms. The van der Waals surface area contributed by atoms with Gasteiger partial charge in [-0.3, -0.25) is 4.79 Å². The standard InChI is InChI=1S/C13H24O2/c1-9(2)5-12-6-10(3)7-13(8-12)15-11(4)14/h9-10,12-13H,5-8H2,1-4H3. The topological polar surface area (TPSA) is 26.3 Å². The first-order valence-electron chi connectivity index (χ1n) is 6.14. The largest absolute Gasteiger partial charge is 0.463 e. The first-order valence-corrected chi connectivity index (χ1v) is 6.14. The van der Waals surface area contributed by atoms with Gasteiger partial charge in [0.05, 0.1) is 0 Å². The normalized spacial score (nSPS) is 31.7. The fraction of sp³-hybridized carbons (Fsp3) is 0.923. The lowest BCUT2D eigenvalue weighted by Crippen LogP contribution is -2.29. The quantitative estimate of drug-likeness (QED) is 0.670. The van der Waals surface area contributed by atoms with E-state index in [1.54, 1.807) is 0 Å². The van der Waals surface area contributed by atoms with Crippen molar-refractivity contribution >= 4 is 5.97 Å². The molecule has 88 valence electrons. The Hall–Kier alpha value is -0.530. The third-order valence-corrected chi connectivity index (χ3v) is 3.13. The summed E-state index contributed by atoms with van der Waals surface area (Å²) < 4.78 is 5.33. The van der Waals surface area contributed by atoms with Gasteiger partial charge in [-0.25, -0.2) is 0 Å². The average Bonchev–Trinajstić information content (AvgIpc) is 1.98. The Morgan fingerprint density at radius 1 is 1.33 bits per heavy atom. The van der Waals surface area contributed by atoms with E-state index in [0.717, 1.165) is 24.7 Å². The fourth-order valence-electron chi connectivity index (χ4n) is 2.87. The number of esters is 1. The van der Waals surface area contributed by atoms with Crippen molar-refractivity contribution in [2.45, 2.75) is 59.5 Å². The molecule has 2 nitrogen and oxygen atoms in total. The van der Waals surface area contributed by atoms with Crippen LogP contribution >= 0.6 is 0 Å². The molecular weight excluding hydrogens is 188 g/mol. The van der Waals surface area contributed by atoms with E-state index in [1.807, 2.05) is 0 Å². The van der Waals surface area contributed by atoms with E-state index in [-0.39, 0.29) is 12.1 Å². The molecule has 3 atom stereocenters. The highest BCUT2D eigenvalue weighted by molar-refractivity contribution is 5.66. The summed E-state index contributed by atoms with van der Waals surface area (Å²) in [5.74, 6) is 2.07. The van der Waals surface area contributed by atoms with Gasteiger partial charge in [-0.2, -0.15) is 0 Å². The van der Waals surface area contributed by atoms with Crippen molar-refractivity contribution in [3.05, 3.63) is 0 Å². The molecule has 0 aromatic heterocycles. The highest BCUT2D eigenvalue weighted by Crippen LogP contribution is 2.34. The highest BCUT2D eigenvalue weighted by Gasteiger charge is 2.28. The molecule has 1 aliphatic carbocycles. The van der Waals surface area contributed by atoms with Crippen LogP contribution in [0.15, 0.2) is 0 Å². The molecule has 0 aromatic rings. The maximum absolute atomic E-state index is 10.9. The van der Waals surface area contributed by atoms with Crippen LogP contribution in [0.3, 0.4) is 0 Å². The molecule has 15 heavy (non-hydrogen) atoms. The smallest absolute Gasteiger partial charge is 0.302 e. The second kappa shape index (κ2) is 5.53. The lowest BCUT2D eigenvalue weighted by atomic mass is 9.77. The number of rotatable bonds is 3. The van der Waals surface area contributed by atoms with Crippen LogP contribution in [-0.4, -0.2) is 12.1 Å². The van der Waals surface area contributed by atoms with Gasteiger partial charge in [0.15, 0.2) is 0 Å². The summed E-state index contributed by atoms with van der Waals surface area (Å²) in [5, 5.41) is 0. The van der Waals surface area contributed by atoms with Gasteiger partial charge in [-0.05, 0) is 43.4 Å². The summed E-state index contributed by atoms with van der Waals surface area (Å²) in [5.41, 5.74) is 0. The van der Waals surface area contributed by atoms with Crippen molar-refractivity contribution in [3.63, 3.8) is 0 Å². The molecule has 1 aliphatic rings. The Morgan fingerprint density at radius 2 is 2.00 bits per heavy atom. The van der Waals surface area contributed by atoms with E-state index in [1.165, 1.54) is 19.8 Å². The first kappa shape index (κ1) is 12.5. The van der Waals surface area contributed by atoms with E-state index < -0.39 is 0 Å². The van der Waals surface area contributed by atoms with Crippen LogP contribution in [0.2, 0.25) is 0 Å². The molecule has 0 aliphatic heterocycles. The lowest BCUT2D eigenvalue weighted by Gasteiger charge is -2.33. The Balaban J connectivity index is 2.44. The summed E-state index contributed by atoms with van der Waals surface area (Å²) in [7, 11) is 0. The molecule has 1 saturated carbocycles. The summed E-state index contributed by atoms with van der Waals surface area (Å²) in [4.78, 5) is 10.9. The zero-order valence-corrected chi connectivity index (χ0v) is 10.5. The molecule has 0 amide bonds. The van der Waals surface area contributed by atoms with Crippen LogP contribution in [-0.2, 0) is 9.53 Å². The van der Waals surface area contributed by atoms with Gasteiger partial charge in [0.2, 0.25) is 0 Å². The molecule has 0 saturated heterocycles. The Morgan fingerprint density at radius 3 is 2.53 bits per heavy atom. The second-order valence-electron chi connectivity index (χ2n) is 5.54. The number of ether oxygens (including phenoxy) is 1. The Bertz CT molecular complexity index is 209. The zero-order chi connectivity index (χ0) is 11.4. The predicted octanol–water partition coefficient (Wildman–Crippen LogP) is 3.40. The van der Waals surface area contributed by atoms with Crippen LogP contribution in [0.1, 0.15) is 53.4 Å². The van der Waals surface area contributed by atoms with Crippen LogP contribution < -0.4 is 0 Å². The maximum Gasteiger partial charge on any atom is 0.302 e. The minimum absolute atomic E-state index is 0.127. The van der Waals surface area contributed by atoms with Crippen LogP contribution in [0.5, 0.6) is 0 Å². The van der Waals surface area contributed by atoms with Crippen molar-refractivity contribution in [3.8, 4) is 0 Å². The molecule has 0 radical (unpaired) electrons. The number of carbonyl (C=O) groups excluding carboxylic acids is 1. The van der Waals surface area contributed by atoms with Crippen LogP contribution in [0.4, 0.5) is 0 Å². The molecule has 3 unspecified atom stereocenters. The molecule has 1 fully saturated rings. The van der Waals surface area contributed by atoms with Gasteiger partial charge in [0.1, 0.15) is 6.10 Å². The summed E-state index contributed by atoms with van der Waals surface area (Å²) in [6.07, 6.45) is 4.86. The summed E-state index contributed by atoms with van der Waals surface area (Å²) >= 11 is 0. The van der Waals surface area contributed by atoms with Gasteiger partial charge in [-0.15, -0.1) is 0 Å². The molecule has 0 bridgehead atoms. The third-order valence-electron chi connectivity index (χ3n) is 3.13. The SMILES string of the molecule is CC(=O)OC1CC(C)CC(CC(C)C)C1. The predicted molar refractivity (Wildman–Crippen MR) is 61.5 cm³/mol. The molecule has 2 heteroatoms. The van der Waals surface area contributed by atoms with Crippen molar-refractivity contribution in [1.29, 1.82) is 0 Å². The van der Waals surface area contributed by atoms with Crippen molar-refractivity contribution in [1.82, 2.24) is 0 Å². The van der Waals surface area contributed by atoms with Crippen LogP contribution in [0.25, 0.3) is 0 Å². The van der Waals surface area contributed by atoms with Crippen LogP contribution in [0, 0.1) is 17.8 Å². The highest BCUT2D eigenvalue weighted by atomic mass is 16.5. The van der Waals surface area contributed by atoms with Gasteiger partial charge < -0.3 is 4.74 Å². The number of carbonyl (C=O) groups is 1. The molecular formula is C13H24O2. The lowest BCUT2D eigenvalue weighted by molar-refractivity contribution is -0.149. The second-order valence-corrected chi connectivity index (χ2v) is 5.54. The molecule has 0 heterocycles. The average molecular weight is 212 g/mol. The summed E-state index contributed by atoms with van der Waals surface area (Å²) in [6, 6.07) is 0. The van der Waals surface area contributed by atoms with E-state index in [4.69, 9.17) is 4.74 Å². The third kappa shape index (κ3) is 4.67. The van der Waals surface area contributed by atoms with E-state index in [0.29, 0.717) is 5.92 Å². The fourth-order valence-corrected chi connectivity index (χ4v) is 2.87. The van der Waals surface area contributed by atoms with E-state index >= 15 is 0 Å². The summed E-state index contributed by atoms with van der Waals surface area (Å²) in [6.45, 7) is 8.31. The van der Waals surface area contributed by atoms with Gasteiger partial charge >= 0.3 is 5.97 Å². The van der Waals surface area contributed by atoms with Crippen molar-refractivity contribution < 1.29 is 9.53 Å². The Kier molecular flexibility index (Phi) is 4.62. The van der Waals surface area contributed by atoms with Gasteiger partial charge in [-0.1, -0.05) is 20.8 Å². The Labute approximate surface area is 93.4 Å². The zero-order valence-electron chi connectivity index (χ0n) is 10.5.